The smallest absolute Gasteiger partial charge is 0.343 e. The number of carbonyl (C=O) groups is 1. The lowest BCUT2D eigenvalue weighted by atomic mass is 10.1. The highest BCUT2D eigenvalue weighted by Gasteiger charge is 2.13. The van der Waals surface area contributed by atoms with E-state index in [2.05, 4.69) is 17.0 Å². The van der Waals surface area contributed by atoms with Gasteiger partial charge >= 0.3 is 5.97 Å². The van der Waals surface area contributed by atoms with E-state index in [0.29, 0.717) is 5.75 Å². The SMILES string of the molecule is CCCNC(C)c1ccc(F)cc1OCC(=O)OC. The first-order chi connectivity index (χ1) is 9.08. The molecule has 0 aliphatic carbocycles. The van der Waals surface area contributed by atoms with E-state index >= 15 is 0 Å². The Morgan fingerprint density at radius 3 is 2.84 bits per heavy atom. The van der Waals surface area contributed by atoms with Crippen LogP contribution in [0, 0.1) is 5.82 Å². The maximum atomic E-state index is 13.3. The standard InChI is InChI=1S/C14H20FNO3/c1-4-7-16-10(2)12-6-5-11(15)8-13(12)19-9-14(17)18-3/h5-6,8,10,16H,4,7,9H2,1-3H3. The fourth-order valence-electron chi connectivity index (χ4n) is 1.66. The van der Waals surface area contributed by atoms with E-state index in [0.717, 1.165) is 18.5 Å². The molecule has 1 aromatic carbocycles. The van der Waals surface area contributed by atoms with E-state index in [9.17, 15) is 9.18 Å². The van der Waals surface area contributed by atoms with E-state index in [1.165, 1.54) is 19.2 Å². The van der Waals surface area contributed by atoms with Crippen LogP contribution in [-0.4, -0.2) is 26.2 Å². The molecule has 19 heavy (non-hydrogen) atoms. The summed E-state index contributed by atoms with van der Waals surface area (Å²) in [5, 5.41) is 3.29. The van der Waals surface area contributed by atoms with Crippen molar-refractivity contribution < 1.29 is 18.7 Å². The summed E-state index contributed by atoms with van der Waals surface area (Å²) in [5.41, 5.74) is 0.818. The van der Waals surface area contributed by atoms with Gasteiger partial charge in [-0.05, 0) is 26.0 Å². The van der Waals surface area contributed by atoms with Crippen LogP contribution in [0.3, 0.4) is 0 Å². The summed E-state index contributed by atoms with van der Waals surface area (Å²) in [6.45, 7) is 4.66. The van der Waals surface area contributed by atoms with Gasteiger partial charge in [-0.25, -0.2) is 9.18 Å². The zero-order valence-corrected chi connectivity index (χ0v) is 11.5. The first-order valence-electron chi connectivity index (χ1n) is 6.31. The highest BCUT2D eigenvalue weighted by Crippen LogP contribution is 2.26. The van der Waals surface area contributed by atoms with Crippen molar-refractivity contribution in [1.82, 2.24) is 5.32 Å². The number of nitrogens with one attached hydrogen (secondary N) is 1. The molecule has 0 saturated heterocycles. The monoisotopic (exact) mass is 269 g/mol. The maximum absolute atomic E-state index is 13.3. The van der Waals surface area contributed by atoms with Gasteiger partial charge in [0.15, 0.2) is 6.61 Å². The van der Waals surface area contributed by atoms with Crippen molar-refractivity contribution in [1.29, 1.82) is 0 Å². The molecule has 1 atom stereocenters. The average molecular weight is 269 g/mol. The number of methoxy groups -OCH3 is 1. The fourth-order valence-corrected chi connectivity index (χ4v) is 1.66. The number of hydrogen-bond donors (Lipinski definition) is 1. The third kappa shape index (κ3) is 4.87. The molecule has 5 heteroatoms. The summed E-state index contributed by atoms with van der Waals surface area (Å²) >= 11 is 0. The molecule has 0 aromatic heterocycles. The van der Waals surface area contributed by atoms with Crippen molar-refractivity contribution >= 4 is 5.97 Å². The average Bonchev–Trinajstić information content (AvgIpc) is 2.42. The van der Waals surface area contributed by atoms with Crippen LogP contribution in [0.25, 0.3) is 0 Å². The Hall–Kier alpha value is -1.62. The summed E-state index contributed by atoms with van der Waals surface area (Å²) in [6.07, 6.45) is 1.00. The molecule has 0 aliphatic rings. The first kappa shape index (κ1) is 15.4. The van der Waals surface area contributed by atoms with Gasteiger partial charge in [-0.2, -0.15) is 0 Å². The van der Waals surface area contributed by atoms with Gasteiger partial charge in [0.1, 0.15) is 11.6 Å². The molecular weight excluding hydrogens is 249 g/mol. The number of hydrogen-bond acceptors (Lipinski definition) is 4. The predicted molar refractivity (Wildman–Crippen MR) is 70.6 cm³/mol. The molecule has 0 fully saturated rings. The van der Waals surface area contributed by atoms with Crippen LogP contribution in [0.4, 0.5) is 4.39 Å². The van der Waals surface area contributed by atoms with Crippen LogP contribution in [-0.2, 0) is 9.53 Å². The molecule has 1 N–H and O–H groups in total. The summed E-state index contributed by atoms with van der Waals surface area (Å²) < 4.78 is 23.1. The van der Waals surface area contributed by atoms with Gasteiger partial charge in [0.2, 0.25) is 0 Å². The Kier molecular flexibility index (Phi) is 6.29. The molecule has 0 radical (unpaired) electrons. The minimum absolute atomic E-state index is 0.0215. The molecule has 0 spiro atoms. The summed E-state index contributed by atoms with van der Waals surface area (Å²) in [4.78, 5) is 11.1. The molecular formula is C14H20FNO3. The van der Waals surface area contributed by atoms with Gasteiger partial charge < -0.3 is 14.8 Å². The zero-order chi connectivity index (χ0) is 14.3. The second-order valence-corrected chi connectivity index (χ2v) is 4.22. The first-order valence-corrected chi connectivity index (χ1v) is 6.31. The Morgan fingerprint density at radius 2 is 2.21 bits per heavy atom. The molecule has 1 rings (SSSR count). The van der Waals surface area contributed by atoms with E-state index in [1.54, 1.807) is 6.07 Å². The Morgan fingerprint density at radius 1 is 1.47 bits per heavy atom. The molecule has 0 heterocycles. The van der Waals surface area contributed by atoms with Crippen LogP contribution in [0.15, 0.2) is 18.2 Å². The highest BCUT2D eigenvalue weighted by atomic mass is 19.1. The van der Waals surface area contributed by atoms with Crippen LogP contribution >= 0.6 is 0 Å². The van der Waals surface area contributed by atoms with Crippen LogP contribution in [0.2, 0.25) is 0 Å². The lowest BCUT2D eigenvalue weighted by molar-refractivity contribution is -0.142. The molecule has 1 aromatic rings. The fraction of sp³-hybridized carbons (Fsp3) is 0.500. The van der Waals surface area contributed by atoms with E-state index in [4.69, 9.17) is 4.74 Å². The largest absolute Gasteiger partial charge is 0.481 e. The van der Waals surface area contributed by atoms with Gasteiger partial charge in [0.05, 0.1) is 7.11 Å². The Labute approximate surface area is 112 Å². The normalized spacial score (nSPS) is 12.0. The van der Waals surface area contributed by atoms with Gasteiger partial charge in [-0.15, -0.1) is 0 Å². The van der Waals surface area contributed by atoms with E-state index < -0.39 is 11.8 Å². The number of benzene rings is 1. The molecule has 0 aliphatic heterocycles. The van der Waals surface area contributed by atoms with Gasteiger partial charge in [-0.1, -0.05) is 13.0 Å². The molecule has 106 valence electrons. The quantitative estimate of drug-likeness (QED) is 0.772. The second kappa shape index (κ2) is 7.74. The minimum atomic E-state index is -0.496. The number of halogens is 1. The number of ether oxygens (including phenoxy) is 2. The van der Waals surface area contributed by atoms with Crippen molar-refractivity contribution in [2.24, 2.45) is 0 Å². The Bertz CT molecular complexity index is 423. The Balaban J connectivity index is 2.81. The number of rotatable bonds is 7. The van der Waals surface area contributed by atoms with E-state index in [1.807, 2.05) is 6.92 Å². The van der Waals surface area contributed by atoms with E-state index in [-0.39, 0.29) is 12.6 Å². The summed E-state index contributed by atoms with van der Waals surface area (Å²) in [5.74, 6) is -0.530. The molecule has 0 amide bonds. The molecule has 0 bridgehead atoms. The van der Waals surface area contributed by atoms with Crippen LogP contribution < -0.4 is 10.1 Å². The van der Waals surface area contributed by atoms with Crippen molar-refractivity contribution in [3.8, 4) is 5.75 Å². The third-order valence-corrected chi connectivity index (χ3v) is 2.72. The van der Waals surface area contributed by atoms with Gasteiger partial charge in [-0.3, -0.25) is 0 Å². The van der Waals surface area contributed by atoms with Crippen LogP contribution in [0.1, 0.15) is 31.9 Å². The minimum Gasteiger partial charge on any atom is -0.481 e. The maximum Gasteiger partial charge on any atom is 0.343 e. The second-order valence-electron chi connectivity index (χ2n) is 4.22. The van der Waals surface area contributed by atoms with Gasteiger partial charge in [0.25, 0.3) is 0 Å². The summed E-state index contributed by atoms with van der Waals surface area (Å²) in [7, 11) is 1.28. The zero-order valence-electron chi connectivity index (χ0n) is 11.5. The third-order valence-electron chi connectivity index (χ3n) is 2.72. The van der Waals surface area contributed by atoms with Crippen LogP contribution in [0.5, 0.6) is 5.75 Å². The van der Waals surface area contributed by atoms with Crippen molar-refractivity contribution in [2.75, 3.05) is 20.3 Å². The van der Waals surface area contributed by atoms with Crippen molar-refractivity contribution in [3.63, 3.8) is 0 Å². The van der Waals surface area contributed by atoms with Gasteiger partial charge in [0, 0.05) is 17.7 Å². The molecule has 1 unspecified atom stereocenters. The predicted octanol–water partition coefficient (Wildman–Crippen LogP) is 2.44. The summed E-state index contributed by atoms with van der Waals surface area (Å²) in [6, 6.07) is 4.34. The van der Waals surface area contributed by atoms with Crippen molar-refractivity contribution in [3.05, 3.63) is 29.6 Å². The van der Waals surface area contributed by atoms with Crippen molar-refractivity contribution in [2.45, 2.75) is 26.3 Å². The number of carbonyl (C=O) groups excluding carboxylic acids is 1. The molecule has 4 nitrogen and oxygen atoms in total. The molecule has 0 saturated carbocycles. The number of esters is 1. The lowest BCUT2D eigenvalue weighted by Crippen LogP contribution is -2.21. The highest BCUT2D eigenvalue weighted by molar-refractivity contribution is 5.70. The topological polar surface area (TPSA) is 47.6 Å². The lowest BCUT2D eigenvalue weighted by Gasteiger charge is -2.18.